The maximum atomic E-state index is 14.1. The molecule has 5 rings (SSSR count). The fourth-order valence-corrected chi connectivity index (χ4v) is 5.50. The van der Waals surface area contributed by atoms with E-state index in [4.69, 9.17) is 23.4 Å². The Morgan fingerprint density at radius 2 is 1.61 bits per heavy atom. The summed E-state index contributed by atoms with van der Waals surface area (Å²) in [6, 6.07) is 14.2. The third-order valence-electron chi connectivity index (χ3n) is 7.36. The number of carbonyl (C=O) groups excluding carboxylic acids is 1. The number of amides is 1. The minimum absolute atomic E-state index is 0.0655. The van der Waals surface area contributed by atoms with Crippen LogP contribution in [0.15, 0.2) is 70.4 Å². The number of hydrogen-bond acceptors (Lipinski definition) is 7. The van der Waals surface area contributed by atoms with E-state index in [1.54, 1.807) is 50.5 Å². The molecule has 4 aromatic rings. The molecular weight excluding hydrogens is 522 g/mol. The van der Waals surface area contributed by atoms with Gasteiger partial charge in [-0.1, -0.05) is 30.9 Å². The van der Waals surface area contributed by atoms with Crippen LogP contribution in [0, 0.1) is 13.8 Å². The van der Waals surface area contributed by atoms with Crippen molar-refractivity contribution in [3.05, 3.63) is 105 Å². The van der Waals surface area contributed by atoms with E-state index >= 15 is 0 Å². The van der Waals surface area contributed by atoms with E-state index in [-0.39, 0.29) is 17.1 Å². The second-order valence-corrected chi connectivity index (χ2v) is 9.98. The van der Waals surface area contributed by atoms with Gasteiger partial charge in [0.25, 0.3) is 5.91 Å². The highest BCUT2D eigenvalue weighted by atomic mass is 16.5. The molecule has 8 nitrogen and oxygen atoms in total. The molecule has 1 atom stereocenters. The number of benzene rings is 3. The van der Waals surface area contributed by atoms with Crippen LogP contribution < -0.4 is 24.4 Å². The standard InChI is InChI=1S/C33H33NO7/c1-7-14-40-24-11-9-22(18-26(24)39-6)30-29-31(35)28-20(3)15-19(2)16-27(28)41-32(29)33(36)34(30)13-12-21-8-10-23(37-4)25(17-21)38-5/h7-11,15-18,30H,1,12-14H2,2-6H3. The third kappa shape index (κ3) is 5.01. The first-order valence-electron chi connectivity index (χ1n) is 13.3. The molecule has 0 fully saturated rings. The maximum absolute atomic E-state index is 14.1. The number of aryl methyl sites for hydroxylation is 2. The summed E-state index contributed by atoms with van der Waals surface area (Å²) in [6.07, 6.45) is 2.16. The normalized spacial score (nSPS) is 14.2. The van der Waals surface area contributed by atoms with Gasteiger partial charge in [-0.15, -0.1) is 0 Å². The number of fused-ring (bicyclic) bond motifs is 2. The first kappa shape index (κ1) is 27.8. The van der Waals surface area contributed by atoms with Crippen LogP contribution >= 0.6 is 0 Å². The zero-order chi connectivity index (χ0) is 29.3. The van der Waals surface area contributed by atoms with Crippen LogP contribution in [0.25, 0.3) is 11.0 Å². The van der Waals surface area contributed by atoms with Crippen LogP contribution in [-0.4, -0.2) is 45.3 Å². The number of methoxy groups -OCH3 is 3. The second-order valence-electron chi connectivity index (χ2n) is 9.98. The Kier molecular flexibility index (Phi) is 7.75. The van der Waals surface area contributed by atoms with E-state index in [0.29, 0.717) is 64.7 Å². The Hall–Kier alpha value is -4.72. The van der Waals surface area contributed by atoms with Crippen LogP contribution in [0.2, 0.25) is 0 Å². The van der Waals surface area contributed by atoms with Crippen LogP contribution in [0.1, 0.15) is 44.4 Å². The van der Waals surface area contributed by atoms with Crippen molar-refractivity contribution in [3.63, 3.8) is 0 Å². The number of ether oxygens (including phenoxy) is 4. The number of carbonyl (C=O) groups is 1. The predicted molar refractivity (Wildman–Crippen MR) is 157 cm³/mol. The molecule has 0 bridgehead atoms. The molecule has 1 amide bonds. The largest absolute Gasteiger partial charge is 0.493 e. The zero-order valence-corrected chi connectivity index (χ0v) is 23.9. The van der Waals surface area contributed by atoms with Crippen molar-refractivity contribution >= 4 is 16.9 Å². The fraction of sp³-hybridized carbons (Fsp3) is 0.273. The van der Waals surface area contributed by atoms with Gasteiger partial charge in [0.05, 0.1) is 38.3 Å². The average Bonchev–Trinajstić information content (AvgIpc) is 3.25. The Morgan fingerprint density at radius 1 is 0.902 bits per heavy atom. The average molecular weight is 556 g/mol. The monoisotopic (exact) mass is 555 g/mol. The predicted octanol–water partition coefficient (Wildman–Crippen LogP) is 5.79. The van der Waals surface area contributed by atoms with Gasteiger partial charge in [0.2, 0.25) is 5.76 Å². The zero-order valence-electron chi connectivity index (χ0n) is 23.9. The topological polar surface area (TPSA) is 87.4 Å². The molecule has 0 saturated heterocycles. The number of rotatable bonds is 10. The molecule has 0 radical (unpaired) electrons. The molecule has 1 aliphatic rings. The summed E-state index contributed by atoms with van der Waals surface area (Å²) in [5, 5.41) is 0.479. The SMILES string of the molecule is C=CCOc1ccc(C2c3c(oc4cc(C)cc(C)c4c3=O)C(=O)N2CCc2ccc(OC)c(OC)c2)cc1OC. The summed E-state index contributed by atoms with van der Waals surface area (Å²) < 4.78 is 28.4. The highest BCUT2D eigenvalue weighted by Gasteiger charge is 2.43. The second kappa shape index (κ2) is 11.4. The summed E-state index contributed by atoms with van der Waals surface area (Å²) in [5.74, 6) is 1.98. The van der Waals surface area contributed by atoms with E-state index in [2.05, 4.69) is 6.58 Å². The van der Waals surface area contributed by atoms with Gasteiger partial charge in [-0.3, -0.25) is 9.59 Å². The molecule has 0 aliphatic carbocycles. The van der Waals surface area contributed by atoms with Crippen molar-refractivity contribution in [2.24, 2.45) is 0 Å². The molecule has 2 heterocycles. The molecule has 8 heteroatoms. The van der Waals surface area contributed by atoms with E-state index in [0.717, 1.165) is 16.7 Å². The maximum Gasteiger partial charge on any atom is 0.290 e. The lowest BCUT2D eigenvalue weighted by Gasteiger charge is -2.26. The van der Waals surface area contributed by atoms with Gasteiger partial charge < -0.3 is 28.3 Å². The summed E-state index contributed by atoms with van der Waals surface area (Å²) >= 11 is 0. The third-order valence-corrected chi connectivity index (χ3v) is 7.36. The number of nitrogens with zero attached hydrogens (tertiary/aromatic N) is 1. The smallest absolute Gasteiger partial charge is 0.290 e. The van der Waals surface area contributed by atoms with Crippen molar-refractivity contribution in [1.29, 1.82) is 0 Å². The van der Waals surface area contributed by atoms with Crippen molar-refractivity contribution in [2.75, 3.05) is 34.5 Å². The lowest BCUT2D eigenvalue weighted by Crippen LogP contribution is -2.31. The molecular formula is C33H33NO7. The Bertz CT molecular complexity index is 1700. The van der Waals surface area contributed by atoms with Gasteiger partial charge >= 0.3 is 0 Å². The Morgan fingerprint density at radius 3 is 2.32 bits per heavy atom. The highest BCUT2D eigenvalue weighted by molar-refractivity contribution is 5.99. The van der Waals surface area contributed by atoms with Gasteiger partial charge in [-0.2, -0.15) is 0 Å². The summed E-state index contributed by atoms with van der Waals surface area (Å²) in [4.78, 5) is 29.7. The van der Waals surface area contributed by atoms with E-state index in [9.17, 15) is 9.59 Å². The van der Waals surface area contributed by atoms with Gasteiger partial charge in [0.1, 0.15) is 12.2 Å². The van der Waals surface area contributed by atoms with E-state index < -0.39 is 6.04 Å². The Labute approximate surface area is 238 Å². The Balaban J connectivity index is 1.63. The van der Waals surface area contributed by atoms with Gasteiger partial charge in [0, 0.05) is 6.54 Å². The first-order valence-corrected chi connectivity index (χ1v) is 13.3. The molecule has 0 saturated carbocycles. The van der Waals surface area contributed by atoms with Gasteiger partial charge in [-0.05, 0) is 72.9 Å². The van der Waals surface area contributed by atoms with Gasteiger partial charge in [-0.25, -0.2) is 0 Å². The van der Waals surface area contributed by atoms with Crippen LogP contribution in [-0.2, 0) is 6.42 Å². The van der Waals surface area contributed by atoms with Crippen molar-refractivity contribution in [1.82, 2.24) is 4.90 Å². The molecule has 41 heavy (non-hydrogen) atoms. The first-order chi connectivity index (χ1) is 19.8. The van der Waals surface area contributed by atoms with Crippen LogP contribution in [0.4, 0.5) is 0 Å². The van der Waals surface area contributed by atoms with Gasteiger partial charge in [0.15, 0.2) is 28.4 Å². The van der Waals surface area contributed by atoms with Crippen LogP contribution in [0.3, 0.4) is 0 Å². The molecule has 1 aromatic heterocycles. The fourth-order valence-electron chi connectivity index (χ4n) is 5.50. The molecule has 212 valence electrons. The molecule has 1 unspecified atom stereocenters. The highest BCUT2D eigenvalue weighted by Crippen LogP contribution is 2.41. The molecule has 0 spiro atoms. The molecule has 1 aliphatic heterocycles. The minimum atomic E-state index is -0.679. The lowest BCUT2D eigenvalue weighted by atomic mass is 9.96. The van der Waals surface area contributed by atoms with Crippen molar-refractivity contribution in [3.8, 4) is 23.0 Å². The van der Waals surface area contributed by atoms with Crippen molar-refractivity contribution < 1.29 is 28.2 Å². The quantitative estimate of drug-likeness (QED) is 0.229. The number of hydrogen-bond donors (Lipinski definition) is 0. The van der Waals surface area contributed by atoms with E-state index in [1.807, 2.05) is 44.2 Å². The summed E-state index contributed by atoms with van der Waals surface area (Å²) in [7, 11) is 4.72. The molecule has 3 aromatic carbocycles. The minimum Gasteiger partial charge on any atom is -0.493 e. The summed E-state index contributed by atoms with van der Waals surface area (Å²) in [5.41, 5.74) is 3.93. The lowest BCUT2D eigenvalue weighted by molar-refractivity contribution is 0.0730. The van der Waals surface area contributed by atoms with E-state index in [1.165, 1.54) is 0 Å². The summed E-state index contributed by atoms with van der Waals surface area (Å²) in [6.45, 7) is 8.15. The van der Waals surface area contributed by atoms with Crippen LogP contribution in [0.5, 0.6) is 23.0 Å². The van der Waals surface area contributed by atoms with Crippen molar-refractivity contribution in [2.45, 2.75) is 26.3 Å². The molecule has 0 N–H and O–H groups in total.